The zero-order valence-electron chi connectivity index (χ0n) is 17.6. The molecule has 7 heteroatoms. The molecular weight excluding hydrogens is 392 g/mol. The second-order valence-corrected chi connectivity index (χ2v) is 7.10. The summed E-state index contributed by atoms with van der Waals surface area (Å²) in [5.74, 6) is 1.94. The molecule has 0 radical (unpaired) electrons. The lowest BCUT2D eigenvalue weighted by molar-refractivity contribution is 0.249. The summed E-state index contributed by atoms with van der Waals surface area (Å²) in [6.07, 6.45) is 3.54. The van der Waals surface area contributed by atoms with Crippen LogP contribution in [0.4, 0.5) is 10.5 Å². The highest BCUT2D eigenvalue weighted by molar-refractivity contribution is 6.01. The fourth-order valence-corrected chi connectivity index (χ4v) is 3.57. The molecule has 3 aromatic carbocycles. The number of carbonyl (C=O) groups excluding carboxylic acids is 1. The van der Waals surface area contributed by atoms with Gasteiger partial charge < -0.3 is 24.7 Å². The van der Waals surface area contributed by atoms with Crippen molar-refractivity contribution in [2.24, 2.45) is 7.05 Å². The predicted molar refractivity (Wildman–Crippen MR) is 121 cm³/mol. The number of nitrogens with zero attached hydrogens (tertiary/aromatic N) is 2. The highest BCUT2D eigenvalue weighted by Crippen LogP contribution is 2.30. The Balaban J connectivity index is 1.67. The molecule has 7 nitrogen and oxygen atoms in total. The van der Waals surface area contributed by atoms with Crippen LogP contribution in [0.1, 0.15) is 17.4 Å². The first-order chi connectivity index (χ1) is 15.1. The summed E-state index contributed by atoms with van der Waals surface area (Å²) >= 11 is 0. The van der Waals surface area contributed by atoms with E-state index >= 15 is 0 Å². The topological polar surface area (TPSA) is 77.4 Å². The van der Waals surface area contributed by atoms with Gasteiger partial charge in [0, 0.05) is 30.9 Å². The van der Waals surface area contributed by atoms with Crippen LogP contribution in [0.3, 0.4) is 0 Å². The number of urea groups is 1. The zero-order valence-corrected chi connectivity index (χ0v) is 17.6. The van der Waals surface area contributed by atoms with Crippen molar-refractivity contribution < 1.29 is 14.3 Å². The van der Waals surface area contributed by atoms with Crippen LogP contribution in [0.5, 0.6) is 11.5 Å². The van der Waals surface area contributed by atoms with Gasteiger partial charge in [0.2, 0.25) is 0 Å². The molecule has 0 aliphatic heterocycles. The van der Waals surface area contributed by atoms with Gasteiger partial charge in [-0.15, -0.1) is 0 Å². The van der Waals surface area contributed by atoms with Crippen molar-refractivity contribution in [3.05, 3.63) is 84.4 Å². The Morgan fingerprint density at radius 1 is 1.00 bits per heavy atom. The van der Waals surface area contributed by atoms with Crippen LogP contribution in [0, 0.1) is 0 Å². The van der Waals surface area contributed by atoms with E-state index in [1.54, 1.807) is 26.5 Å². The number of hydrogen-bond acceptors (Lipinski definition) is 4. The average molecular weight is 416 g/mol. The first-order valence-electron chi connectivity index (χ1n) is 9.84. The van der Waals surface area contributed by atoms with Crippen LogP contribution in [0.2, 0.25) is 0 Å². The number of aromatic nitrogens is 2. The number of amides is 2. The molecule has 1 unspecified atom stereocenters. The van der Waals surface area contributed by atoms with Crippen molar-refractivity contribution in [3.63, 3.8) is 0 Å². The van der Waals surface area contributed by atoms with Crippen molar-refractivity contribution in [2.45, 2.75) is 6.04 Å². The highest BCUT2D eigenvalue weighted by atomic mass is 16.5. The molecule has 31 heavy (non-hydrogen) atoms. The van der Waals surface area contributed by atoms with E-state index < -0.39 is 6.04 Å². The number of ether oxygens (including phenoxy) is 2. The third-order valence-corrected chi connectivity index (χ3v) is 5.14. The number of anilines is 1. The van der Waals surface area contributed by atoms with Gasteiger partial charge >= 0.3 is 6.03 Å². The van der Waals surface area contributed by atoms with Gasteiger partial charge in [-0.05, 0) is 29.1 Å². The Morgan fingerprint density at radius 2 is 1.71 bits per heavy atom. The van der Waals surface area contributed by atoms with Crippen LogP contribution in [0.15, 0.2) is 73.1 Å². The minimum Gasteiger partial charge on any atom is -0.497 e. The Morgan fingerprint density at radius 3 is 2.39 bits per heavy atom. The van der Waals surface area contributed by atoms with Gasteiger partial charge in [-0.2, -0.15) is 0 Å². The number of benzene rings is 3. The van der Waals surface area contributed by atoms with Gasteiger partial charge in [0.05, 0.1) is 19.9 Å². The number of aryl methyl sites for hydroxylation is 1. The molecule has 0 bridgehead atoms. The monoisotopic (exact) mass is 416 g/mol. The third-order valence-electron chi connectivity index (χ3n) is 5.14. The fraction of sp³-hybridized carbons (Fsp3) is 0.167. The summed E-state index contributed by atoms with van der Waals surface area (Å²) < 4.78 is 12.7. The van der Waals surface area contributed by atoms with Gasteiger partial charge in [0.15, 0.2) is 0 Å². The molecule has 4 rings (SSSR count). The molecule has 2 amide bonds. The van der Waals surface area contributed by atoms with E-state index in [1.807, 2.05) is 72.4 Å². The number of nitrogens with one attached hydrogen (secondary N) is 2. The Hall–Kier alpha value is -4.00. The van der Waals surface area contributed by atoms with Gasteiger partial charge in [0.25, 0.3) is 0 Å². The highest BCUT2D eigenvalue weighted by Gasteiger charge is 2.22. The smallest absolute Gasteiger partial charge is 0.320 e. The van der Waals surface area contributed by atoms with Gasteiger partial charge in [-0.3, -0.25) is 0 Å². The zero-order chi connectivity index (χ0) is 21.8. The molecule has 1 aromatic heterocycles. The lowest BCUT2D eigenvalue weighted by Gasteiger charge is -2.21. The molecule has 0 saturated heterocycles. The summed E-state index contributed by atoms with van der Waals surface area (Å²) in [7, 11) is 5.07. The molecule has 2 N–H and O–H groups in total. The fourth-order valence-electron chi connectivity index (χ4n) is 3.57. The molecule has 0 aliphatic carbocycles. The second kappa shape index (κ2) is 8.79. The van der Waals surface area contributed by atoms with Gasteiger partial charge in [-0.25, -0.2) is 9.78 Å². The Labute approximate surface area is 180 Å². The van der Waals surface area contributed by atoms with Gasteiger partial charge in [0.1, 0.15) is 23.4 Å². The first kappa shape index (κ1) is 20.3. The van der Waals surface area contributed by atoms with Crippen molar-refractivity contribution in [3.8, 4) is 11.5 Å². The summed E-state index contributed by atoms with van der Waals surface area (Å²) in [4.78, 5) is 17.5. The Bertz CT molecular complexity index is 1190. The van der Waals surface area contributed by atoms with E-state index in [-0.39, 0.29) is 6.03 Å². The lowest BCUT2D eigenvalue weighted by Crippen LogP contribution is -2.34. The normalized spacial score (nSPS) is 11.7. The standard InChI is InChI=1S/C24H24N4O3/c1-28-12-11-25-23(28)22(17-13-18(30-2)15-19(14-17)31-3)27-24(29)26-21-10-6-8-16-7-4-5-9-20(16)21/h4-15,22H,1-3H3,(H2,26,27,29). The van der Waals surface area contributed by atoms with Crippen LogP contribution in [-0.2, 0) is 7.05 Å². The predicted octanol–water partition coefficient (Wildman–Crippen LogP) is 4.50. The minimum absolute atomic E-state index is 0.342. The van der Waals surface area contributed by atoms with Crippen molar-refractivity contribution in [2.75, 3.05) is 19.5 Å². The molecule has 0 saturated carbocycles. The van der Waals surface area contributed by atoms with E-state index in [4.69, 9.17) is 9.47 Å². The Kier molecular flexibility index (Phi) is 5.75. The van der Waals surface area contributed by atoms with E-state index in [9.17, 15) is 4.79 Å². The van der Waals surface area contributed by atoms with Crippen LogP contribution < -0.4 is 20.1 Å². The molecular formula is C24H24N4O3. The number of rotatable bonds is 6. The van der Waals surface area contributed by atoms with Gasteiger partial charge in [-0.1, -0.05) is 36.4 Å². The van der Waals surface area contributed by atoms with Crippen molar-refractivity contribution in [1.29, 1.82) is 0 Å². The van der Waals surface area contributed by atoms with Crippen LogP contribution in [-0.4, -0.2) is 29.8 Å². The molecule has 0 spiro atoms. The largest absolute Gasteiger partial charge is 0.497 e. The number of imidazole rings is 1. The summed E-state index contributed by atoms with van der Waals surface area (Å²) in [6.45, 7) is 0. The molecule has 158 valence electrons. The van der Waals surface area contributed by atoms with Crippen molar-refractivity contribution in [1.82, 2.24) is 14.9 Å². The van der Waals surface area contributed by atoms with Crippen molar-refractivity contribution >= 4 is 22.5 Å². The number of fused-ring (bicyclic) bond motifs is 1. The number of carbonyl (C=O) groups is 1. The molecule has 4 aromatic rings. The maximum atomic E-state index is 13.0. The SMILES string of the molecule is COc1cc(OC)cc(C(NC(=O)Nc2cccc3ccccc23)c2nccn2C)c1. The minimum atomic E-state index is -0.515. The van der Waals surface area contributed by atoms with E-state index in [0.717, 1.165) is 22.0 Å². The molecule has 0 fully saturated rings. The maximum Gasteiger partial charge on any atom is 0.320 e. The van der Waals surface area contributed by atoms with Crippen LogP contribution in [0.25, 0.3) is 10.8 Å². The number of methoxy groups -OCH3 is 2. The molecule has 0 aliphatic rings. The number of hydrogen-bond donors (Lipinski definition) is 2. The quantitative estimate of drug-likeness (QED) is 0.485. The first-order valence-corrected chi connectivity index (χ1v) is 9.84. The van der Waals surface area contributed by atoms with E-state index in [1.165, 1.54) is 0 Å². The molecule has 1 atom stereocenters. The maximum absolute atomic E-state index is 13.0. The second-order valence-electron chi connectivity index (χ2n) is 7.10. The third kappa shape index (κ3) is 4.30. The lowest BCUT2D eigenvalue weighted by atomic mass is 10.0. The summed E-state index contributed by atoms with van der Waals surface area (Å²) in [5, 5.41) is 8.05. The summed E-state index contributed by atoms with van der Waals surface area (Å²) in [6, 6.07) is 18.4. The van der Waals surface area contributed by atoms with Crippen LogP contribution >= 0.6 is 0 Å². The van der Waals surface area contributed by atoms with E-state index in [0.29, 0.717) is 17.3 Å². The molecule has 1 heterocycles. The summed E-state index contributed by atoms with van der Waals surface area (Å²) in [5.41, 5.74) is 1.52. The van der Waals surface area contributed by atoms with E-state index in [2.05, 4.69) is 15.6 Å². The average Bonchev–Trinajstić information content (AvgIpc) is 3.22.